The first-order valence-electron chi connectivity index (χ1n) is 6.24. The van der Waals surface area contributed by atoms with E-state index in [9.17, 15) is 9.59 Å². The van der Waals surface area contributed by atoms with Crippen LogP contribution >= 0.6 is 11.3 Å². The minimum atomic E-state index is -0.645. The van der Waals surface area contributed by atoms with Crippen molar-refractivity contribution in [2.45, 2.75) is 20.4 Å². The molecular formula is C15H16N2O2S. The Kier molecular flexibility index (Phi) is 4.53. The highest BCUT2D eigenvalue weighted by Crippen LogP contribution is 2.17. The van der Waals surface area contributed by atoms with Crippen molar-refractivity contribution in [3.05, 3.63) is 51.7 Å². The smallest absolute Gasteiger partial charge is 0.313 e. The molecule has 5 heteroatoms. The summed E-state index contributed by atoms with van der Waals surface area (Å²) in [4.78, 5) is 23.5. The van der Waals surface area contributed by atoms with Crippen LogP contribution in [0.5, 0.6) is 0 Å². The van der Waals surface area contributed by atoms with Gasteiger partial charge >= 0.3 is 11.8 Å². The lowest BCUT2D eigenvalue weighted by molar-refractivity contribution is -0.136. The molecule has 0 atom stereocenters. The Hall–Kier alpha value is -2.14. The van der Waals surface area contributed by atoms with Crippen LogP contribution in [0, 0.1) is 13.8 Å². The Morgan fingerprint density at radius 3 is 2.65 bits per heavy atom. The van der Waals surface area contributed by atoms with Crippen molar-refractivity contribution in [3.63, 3.8) is 0 Å². The monoisotopic (exact) mass is 288 g/mol. The van der Waals surface area contributed by atoms with Gasteiger partial charge in [-0.1, -0.05) is 12.1 Å². The van der Waals surface area contributed by atoms with E-state index in [2.05, 4.69) is 10.6 Å². The van der Waals surface area contributed by atoms with Crippen molar-refractivity contribution in [1.29, 1.82) is 0 Å². The van der Waals surface area contributed by atoms with E-state index in [0.717, 1.165) is 16.7 Å². The van der Waals surface area contributed by atoms with Gasteiger partial charge in [0.05, 0.1) is 0 Å². The summed E-state index contributed by atoms with van der Waals surface area (Å²) in [6, 6.07) is 7.50. The van der Waals surface area contributed by atoms with Crippen molar-refractivity contribution >= 4 is 28.8 Å². The zero-order valence-corrected chi connectivity index (χ0v) is 12.2. The number of carbonyl (C=O) groups excluding carboxylic acids is 2. The standard InChI is InChI=1S/C15H16N2O2S/c1-10-4-3-5-13(11(10)2)17-15(19)14(18)16-8-12-6-7-20-9-12/h3-7,9H,8H2,1-2H3,(H,16,18)(H,17,19). The number of rotatable bonds is 3. The summed E-state index contributed by atoms with van der Waals surface area (Å²) in [5.74, 6) is -1.27. The van der Waals surface area contributed by atoms with Gasteiger partial charge in [-0.15, -0.1) is 0 Å². The lowest BCUT2D eigenvalue weighted by Crippen LogP contribution is -2.35. The van der Waals surface area contributed by atoms with Gasteiger partial charge in [0, 0.05) is 12.2 Å². The summed E-state index contributed by atoms with van der Waals surface area (Å²) in [6.07, 6.45) is 0. The zero-order chi connectivity index (χ0) is 14.5. The van der Waals surface area contributed by atoms with E-state index >= 15 is 0 Å². The van der Waals surface area contributed by atoms with Gasteiger partial charge in [-0.05, 0) is 53.4 Å². The molecule has 0 bridgehead atoms. The fourth-order valence-corrected chi connectivity index (χ4v) is 2.39. The second-order valence-electron chi connectivity index (χ2n) is 4.52. The van der Waals surface area contributed by atoms with Gasteiger partial charge < -0.3 is 10.6 Å². The molecular weight excluding hydrogens is 272 g/mol. The summed E-state index contributed by atoms with van der Waals surface area (Å²) < 4.78 is 0. The number of amides is 2. The normalized spacial score (nSPS) is 10.1. The van der Waals surface area contributed by atoms with Crippen molar-refractivity contribution in [1.82, 2.24) is 5.32 Å². The fourth-order valence-electron chi connectivity index (χ4n) is 1.72. The van der Waals surface area contributed by atoms with Crippen LogP contribution in [-0.4, -0.2) is 11.8 Å². The molecule has 2 N–H and O–H groups in total. The molecule has 20 heavy (non-hydrogen) atoms. The van der Waals surface area contributed by atoms with Crippen LogP contribution in [0.25, 0.3) is 0 Å². The number of benzene rings is 1. The van der Waals surface area contributed by atoms with E-state index in [4.69, 9.17) is 0 Å². The second kappa shape index (κ2) is 6.34. The molecule has 104 valence electrons. The number of carbonyl (C=O) groups is 2. The second-order valence-corrected chi connectivity index (χ2v) is 5.30. The summed E-state index contributed by atoms with van der Waals surface area (Å²) >= 11 is 1.55. The maximum Gasteiger partial charge on any atom is 0.313 e. The van der Waals surface area contributed by atoms with Gasteiger partial charge in [-0.3, -0.25) is 9.59 Å². The Morgan fingerprint density at radius 1 is 1.15 bits per heavy atom. The number of hydrogen-bond acceptors (Lipinski definition) is 3. The number of aryl methyl sites for hydroxylation is 1. The molecule has 0 aliphatic rings. The largest absolute Gasteiger partial charge is 0.344 e. The first kappa shape index (κ1) is 14.3. The molecule has 0 fully saturated rings. The topological polar surface area (TPSA) is 58.2 Å². The van der Waals surface area contributed by atoms with E-state index in [0.29, 0.717) is 12.2 Å². The molecule has 4 nitrogen and oxygen atoms in total. The van der Waals surface area contributed by atoms with Gasteiger partial charge in [0.25, 0.3) is 0 Å². The highest BCUT2D eigenvalue weighted by molar-refractivity contribution is 7.07. The van der Waals surface area contributed by atoms with E-state index in [1.54, 1.807) is 17.4 Å². The number of hydrogen-bond donors (Lipinski definition) is 2. The Morgan fingerprint density at radius 2 is 1.95 bits per heavy atom. The lowest BCUT2D eigenvalue weighted by atomic mass is 10.1. The lowest BCUT2D eigenvalue weighted by Gasteiger charge is -2.10. The summed E-state index contributed by atoms with van der Waals surface area (Å²) in [5.41, 5.74) is 3.69. The van der Waals surface area contributed by atoms with Crippen molar-refractivity contribution < 1.29 is 9.59 Å². The molecule has 2 rings (SSSR count). The Balaban J connectivity index is 1.94. The SMILES string of the molecule is Cc1cccc(NC(=O)C(=O)NCc2ccsc2)c1C. The first-order valence-corrected chi connectivity index (χ1v) is 7.18. The summed E-state index contributed by atoms with van der Waals surface area (Å²) in [5, 5.41) is 9.09. The van der Waals surface area contributed by atoms with Gasteiger partial charge in [-0.25, -0.2) is 0 Å². The van der Waals surface area contributed by atoms with Crippen LogP contribution in [0.1, 0.15) is 16.7 Å². The zero-order valence-electron chi connectivity index (χ0n) is 11.4. The molecule has 0 aliphatic carbocycles. The average molecular weight is 288 g/mol. The van der Waals surface area contributed by atoms with Gasteiger partial charge in [0.2, 0.25) is 0 Å². The Labute approximate surface area is 121 Å². The van der Waals surface area contributed by atoms with E-state index in [1.807, 2.05) is 42.8 Å². The molecule has 1 heterocycles. The average Bonchev–Trinajstić information content (AvgIpc) is 2.94. The van der Waals surface area contributed by atoms with Crippen LogP contribution < -0.4 is 10.6 Å². The summed E-state index contributed by atoms with van der Waals surface area (Å²) in [6.45, 7) is 4.23. The minimum Gasteiger partial charge on any atom is -0.344 e. The van der Waals surface area contributed by atoms with Gasteiger partial charge in [-0.2, -0.15) is 11.3 Å². The molecule has 0 spiro atoms. The quantitative estimate of drug-likeness (QED) is 0.853. The van der Waals surface area contributed by atoms with E-state index in [-0.39, 0.29) is 0 Å². The van der Waals surface area contributed by atoms with Gasteiger partial charge in [0.15, 0.2) is 0 Å². The molecule has 0 saturated carbocycles. The fraction of sp³-hybridized carbons (Fsp3) is 0.200. The Bertz CT molecular complexity index is 621. The van der Waals surface area contributed by atoms with Crippen LogP contribution in [0.4, 0.5) is 5.69 Å². The third-order valence-electron chi connectivity index (χ3n) is 3.09. The first-order chi connectivity index (χ1) is 9.58. The molecule has 2 amide bonds. The number of anilines is 1. The van der Waals surface area contributed by atoms with Crippen molar-refractivity contribution in [3.8, 4) is 0 Å². The van der Waals surface area contributed by atoms with Crippen molar-refractivity contribution in [2.75, 3.05) is 5.32 Å². The molecule has 0 aliphatic heterocycles. The highest BCUT2D eigenvalue weighted by Gasteiger charge is 2.14. The minimum absolute atomic E-state index is 0.364. The van der Waals surface area contributed by atoms with Crippen molar-refractivity contribution in [2.24, 2.45) is 0 Å². The molecule has 0 unspecified atom stereocenters. The molecule has 1 aromatic heterocycles. The van der Waals surface area contributed by atoms with E-state index in [1.165, 1.54) is 0 Å². The van der Waals surface area contributed by atoms with Crippen LogP contribution in [0.15, 0.2) is 35.0 Å². The maximum absolute atomic E-state index is 11.8. The van der Waals surface area contributed by atoms with Crippen LogP contribution in [0.3, 0.4) is 0 Å². The number of nitrogens with one attached hydrogen (secondary N) is 2. The predicted molar refractivity (Wildman–Crippen MR) is 80.7 cm³/mol. The third-order valence-corrected chi connectivity index (χ3v) is 3.82. The number of thiophene rings is 1. The van der Waals surface area contributed by atoms with E-state index < -0.39 is 11.8 Å². The predicted octanol–water partition coefficient (Wildman–Crippen LogP) is 2.62. The molecule has 1 aromatic carbocycles. The summed E-state index contributed by atoms with van der Waals surface area (Å²) in [7, 11) is 0. The van der Waals surface area contributed by atoms with Gasteiger partial charge in [0.1, 0.15) is 0 Å². The molecule has 0 radical (unpaired) electrons. The van der Waals surface area contributed by atoms with Crippen LogP contribution in [-0.2, 0) is 16.1 Å². The molecule has 0 saturated heterocycles. The maximum atomic E-state index is 11.8. The van der Waals surface area contributed by atoms with Crippen LogP contribution in [0.2, 0.25) is 0 Å². The highest BCUT2D eigenvalue weighted by atomic mass is 32.1. The third kappa shape index (κ3) is 3.45. The molecule has 2 aromatic rings.